The van der Waals surface area contributed by atoms with E-state index >= 15 is 0 Å². The Morgan fingerprint density at radius 3 is 2.90 bits per heavy atom. The van der Waals surface area contributed by atoms with Gasteiger partial charge in [0.05, 0.1) is 0 Å². The van der Waals surface area contributed by atoms with Crippen molar-refractivity contribution in [2.24, 2.45) is 5.92 Å². The number of rotatable bonds is 3. The third-order valence-corrected chi connectivity index (χ3v) is 5.00. The zero-order valence-electron chi connectivity index (χ0n) is 13.2. The number of amides is 1. The van der Waals surface area contributed by atoms with Crippen LogP contribution in [0.2, 0.25) is 0 Å². The van der Waals surface area contributed by atoms with E-state index in [-0.39, 0.29) is 5.91 Å². The Morgan fingerprint density at radius 1 is 1.33 bits per heavy atom. The largest absolute Gasteiger partial charge is 0.338 e. The number of hydrogen-bond donors (Lipinski definition) is 1. The van der Waals surface area contributed by atoms with Crippen molar-refractivity contribution in [3.8, 4) is 0 Å². The molecule has 1 aliphatic carbocycles. The maximum absolute atomic E-state index is 12.7. The molecule has 1 saturated heterocycles. The van der Waals surface area contributed by atoms with Crippen molar-refractivity contribution in [2.45, 2.75) is 45.6 Å². The van der Waals surface area contributed by atoms with Crippen molar-refractivity contribution in [2.75, 3.05) is 19.6 Å². The highest BCUT2D eigenvalue weighted by molar-refractivity contribution is 5.94. The summed E-state index contributed by atoms with van der Waals surface area (Å²) in [7, 11) is 0. The van der Waals surface area contributed by atoms with E-state index in [9.17, 15) is 4.79 Å². The van der Waals surface area contributed by atoms with Crippen LogP contribution in [0.4, 0.5) is 0 Å². The third-order valence-electron chi connectivity index (χ3n) is 5.00. The second kappa shape index (κ2) is 6.18. The van der Waals surface area contributed by atoms with Crippen LogP contribution >= 0.6 is 0 Å². The van der Waals surface area contributed by atoms with Crippen LogP contribution in [-0.4, -0.2) is 36.5 Å². The summed E-state index contributed by atoms with van der Waals surface area (Å²) in [5.74, 6) is 0.739. The first kappa shape index (κ1) is 14.6. The number of fused-ring (bicyclic) bond motifs is 1. The van der Waals surface area contributed by atoms with Gasteiger partial charge >= 0.3 is 0 Å². The minimum atomic E-state index is 0.214. The van der Waals surface area contributed by atoms with Gasteiger partial charge in [0.1, 0.15) is 0 Å². The predicted octanol–water partition coefficient (Wildman–Crippen LogP) is 2.64. The average Bonchev–Trinajstić information content (AvgIpc) is 2.96. The molecule has 21 heavy (non-hydrogen) atoms. The molecule has 0 radical (unpaired) electrons. The topological polar surface area (TPSA) is 32.3 Å². The predicted molar refractivity (Wildman–Crippen MR) is 85.6 cm³/mol. The molecule has 0 spiro atoms. The molecule has 1 aromatic rings. The molecular weight excluding hydrogens is 260 g/mol. The van der Waals surface area contributed by atoms with Crippen LogP contribution in [0.25, 0.3) is 0 Å². The highest BCUT2D eigenvalue weighted by atomic mass is 16.2. The Labute approximate surface area is 127 Å². The first-order valence-corrected chi connectivity index (χ1v) is 8.33. The molecule has 0 bridgehead atoms. The number of carbonyl (C=O) groups is 1. The van der Waals surface area contributed by atoms with E-state index in [1.54, 1.807) is 0 Å². The fourth-order valence-corrected chi connectivity index (χ4v) is 3.78. The lowest BCUT2D eigenvalue weighted by molar-refractivity contribution is 0.0646. The SMILES string of the molecule is CCNC1CCN(C(=O)c2ccc3c(c2)CCC3)CC1C. The van der Waals surface area contributed by atoms with Crippen molar-refractivity contribution in [3.63, 3.8) is 0 Å². The van der Waals surface area contributed by atoms with Crippen molar-refractivity contribution >= 4 is 5.91 Å². The van der Waals surface area contributed by atoms with E-state index in [1.807, 2.05) is 11.0 Å². The van der Waals surface area contributed by atoms with E-state index in [0.29, 0.717) is 12.0 Å². The first-order chi connectivity index (χ1) is 10.2. The van der Waals surface area contributed by atoms with Gasteiger partial charge in [-0.2, -0.15) is 0 Å². The summed E-state index contributed by atoms with van der Waals surface area (Å²) >= 11 is 0. The molecule has 1 aromatic carbocycles. The zero-order chi connectivity index (χ0) is 14.8. The summed E-state index contributed by atoms with van der Waals surface area (Å²) < 4.78 is 0. The molecule has 1 fully saturated rings. The molecule has 1 amide bonds. The first-order valence-electron chi connectivity index (χ1n) is 8.33. The molecule has 3 rings (SSSR count). The highest BCUT2D eigenvalue weighted by Gasteiger charge is 2.28. The quantitative estimate of drug-likeness (QED) is 0.926. The lowest BCUT2D eigenvalue weighted by atomic mass is 9.93. The Hall–Kier alpha value is -1.35. The Kier molecular flexibility index (Phi) is 4.29. The van der Waals surface area contributed by atoms with E-state index < -0.39 is 0 Å². The second-order valence-electron chi connectivity index (χ2n) is 6.52. The van der Waals surface area contributed by atoms with Gasteiger partial charge < -0.3 is 10.2 Å². The lowest BCUT2D eigenvalue weighted by Crippen LogP contribution is -2.50. The summed E-state index contributed by atoms with van der Waals surface area (Å²) in [6.45, 7) is 7.14. The summed E-state index contributed by atoms with van der Waals surface area (Å²) in [6.07, 6.45) is 4.61. The van der Waals surface area contributed by atoms with E-state index in [0.717, 1.165) is 38.0 Å². The number of nitrogens with one attached hydrogen (secondary N) is 1. The summed E-state index contributed by atoms with van der Waals surface area (Å²) in [4.78, 5) is 14.8. The summed E-state index contributed by atoms with van der Waals surface area (Å²) in [6, 6.07) is 6.86. The number of hydrogen-bond acceptors (Lipinski definition) is 2. The number of piperidine rings is 1. The molecule has 114 valence electrons. The van der Waals surface area contributed by atoms with Crippen LogP contribution in [0.5, 0.6) is 0 Å². The molecule has 1 heterocycles. The average molecular weight is 286 g/mol. The second-order valence-corrected chi connectivity index (χ2v) is 6.52. The number of carbonyl (C=O) groups excluding carboxylic acids is 1. The molecule has 1 aliphatic heterocycles. The van der Waals surface area contributed by atoms with Gasteiger partial charge in [0.15, 0.2) is 0 Å². The van der Waals surface area contributed by atoms with Crippen molar-refractivity contribution < 1.29 is 4.79 Å². The molecule has 1 N–H and O–H groups in total. The number of benzene rings is 1. The standard InChI is InChI=1S/C18H26N2O/c1-3-19-17-9-10-20(12-13(17)2)18(21)16-8-7-14-5-4-6-15(14)11-16/h7-8,11,13,17,19H,3-6,9-10,12H2,1-2H3. The summed E-state index contributed by atoms with van der Waals surface area (Å²) in [5.41, 5.74) is 3.70. The smallest absolute Gasteiger partial charge is 0.253 e. The monoisotopic (exact) mass is 286 g/mol. The lowest BCUT2D eigenvalue weighted by Gasteiger charge is -2.37. The van der Waals surface area contributed by atoms with Gasteiger partial charge in [-0.3, -0.25) is 4.79 Å². The van der Waals surface area contributed by atoms with Crippen LogP contribution < -0.4 is 5.32 Å². The molecule has 2 atom stereocenters. The molecule has 0 aromatic heterocycles. The van der Waals surface area contributed by atoms with Crippen LogP contribution in [0, 0.1) is 5.92 Å². The van der Waals surface area contributed by atoms with Crippen LogP contribution in [-0.2, 0) is 12.8 Å². The van der Waals surface area contributed by atoms with Crippen molar-refractivity contribution in [3.05, 3.63) is 34.9 Å². The van der Waals surface area contributed by atoms with Gasteiger partial charge in [-0.15, -0.1) is 0 Å². The molecule has 2 unspecified atom stereocenters. The zero-order valence-corrected chi connectivity index (χ0v) is 13.2. The van der Waals surface area contributed by atoms with Crippen molar-refractivity contribution in [1.29, 1.82) is 0 Å². The van der Waals surface area contributed by atoms with E-state index in [2.05, 4.69) is 31.3 Å². The Bertz CT molecular complexity index is 526. The Balaban J connectivity index is 1.69. The molecule has 3 heteroatoms. The minimum Gasteiger partial charge on any atom is -0.338 e. The van der Waals surface area contributed by atoms with Crippen LogP contribution in [0.1, 0.15) is 48.2 Å². The summed E-state index contributed by atoms with van der Waals surface area (Å²) in [5, 5.41) is 3.53. The molecule has 0 saturated carbocycles. The molecular formula is C18H26N2O. The van der Waals surface area contributed by atoms with Crippen LogP contribution in [0.3, 0.4) is 0 Å². The van der Waals surface area contributed by atoms with Gasteiger partial charge in [-0.05, 0) is 61.4 Å². The van der Waals surface area contributed by atoms with Crippen molar-refractivity contribution in [1.82, 2.24) is 10.2 Å². The number of likely N-dealkylation sites (tertiary alicyclic amines) is 1. The molecule has 2 aliphatic rings. The van der Waals surface area contributed by atoms with Gasteiger partial charge in [0.25, 0.3) is 5.91 Å². The van der Waals surface area contributed by atoms with E-state index in [1.165, 1.54) is 24.0 Å². The minimum absolute atomic E-state index is 0.214. The Morgan fingerprint density at radius 2 is 2.14 bits per heavy atom. The van der Waals surface area contributed by atoms with Gasteiger partial charge in [-0.25, -0.2) is 0 Å². The van der Waals surface area contributed by atoms with Crippen LogP contribution in [0.15, 0.2) is 18.2 Å². The van der Waals surface area contributed by atoms with E-state index in [4.69, 9.17) is 0 Å². The third kappa shape index (κ3) is 2.98. The fourth-order valence-electron chi connectivity index (χ4n) is 3.78. The highest BCUT2D eigenvalue weighted by Crippen LogP contribution is 2.25. The van der Waals surface area contributed by atoms with Gasteiger partial charge in [-0.1, -0.05) is 19.9 Å². The van der Waals surface area contributed by atoms with Gasteiger partial charge in [0.2, 0.25) is 0 Å². The molecule has 3 nitrogen and oxygen atoms in total. The maximum atomic E-state index is 12.7. The normalized spacial score (nSPS) is 25.0. The van der Waals surface area contributed by atoms with Gasteiger partial charge in [0, 0.05) is 24.7 Å². The number of aryl methyl sites for hydroxylation is 2. The maximum Gasteiger partial charge on any atom is 0.253 e. The number of nitrogens with zero attached hydrogens (tertiary/aromatic N) is 1. The fraction of sp³-hybridized carbons (Fsp3) is 0.611.